The van der Waals surface area contributed by atoms with Gasteiger partial charge in [-0.2, -0.15) is 0 Å². The first-order chi connectivity index (χ1) is 6.00. The summed E-state index contributed by atoms with van der Waals surface area (Å²) in [5.74, 6) is -0.342. The van der Waals surface area contributed by atoms with Gasteiger partial charge in [0.05, 0.1) is 0 Å². The Morgan fingerprint density at radius 3 is 1.85 bits per heavy atom. The molecule has 0 spiro atoms. The Balaban J connectivity index is 3.66. The monoisotopic (exact) mass is 180 g/mol. The van der Waals surface area contributed by atoms with Crippen LogP contribution in [0.3, 0.4) is 0 Å². The normalized spacial score (nSPS) is 10.1. The van der Waals surface area contributed by atoms with Gasteiger partial charge >= 0.3 is 0 Å². The molecular weight excluding hydrogens is 168 g/mol. The van der Waals surface area contributed by atoms with Crippen molar-refractivity contribution in [3.05, 3.63) is 22.3 Å². The average Bonchev–Trinajstić information content (AvgIpc) is 2.13. The molecule has 0 radical (unpaired) electrons. The third kappa shape index (κ3) is 1.26. The van der Waals surface area contributed by atoms with Crippen LogP contribution in [0, 0.1) is 20.8 Å². The molecule has 0 aliphatic carbocycles. The predicted molar refractivity (Wildman–Crippen MR) is 49.4 cm³/mol. The van der Waals surface area contributed by atoms with E-state index in [-0.39, 0.29) is 11.5 Å². The maximum Gasteiger partial charge on any atom is 0.161 e. The van der Waals surface area contributed by atoms with E-state index in [4.69, 9.17) is 0 Å². The van der Waals surface area contributed by atoms with Crippen molar-refractivity contribution in [3.8, 4) is 11.5 Å². The van der Waals surface area contributed by atoms with E-state index < -0.39 is 0 Å². The Morgan fingerprint density at radius 1 is 0.923 bits per heavy atom. The van der Waals surface area contributed by atoms with E-state index in [1.165, 1.54) is 0 Å². The van der Waals surface area contributed by atoms with Crippen molar-refractivity contribution in [3.63, 3.8) is 0 Å². The van der Waals surface area contributed by atoms with Gasteiger partial charge in [0.25, 0.3) is 0 Å². The highest BCUT2D eigenvalue weighted by atomic mass is 16.3. The van der Waals surface area contributed by atoms with Crippen LogP contribution in [0.15, 0.2) is 0 Å². The quantitative estimate of drug-likeness (QED) is 0.512. The van der Waals surface area contributed by atoms with E-state index in [9.17, 15) is 15.0 Å². The molecule has 3 heteroatoms. The molecule has 2 N–H and O–H groups in total. The zero-order valence-corrected chi connectivity index (χ0v) is 7.88. The summed E-state index contributed by atoms with van der Waals surface area (Å²) >= 11 is 0. The molecule has 0 aliphatic rings. The first kappa shape index (κ1) is 9.58. The Hall–Kier alpha value is -1.51. The van der Waals surface area contributed by atoms with Crippen molar-refractivity contribution in [2.24, 2.45) is 0 Å². The third-order valence-corrected chi connectivity index (χ3v) is 2.42. The molecule has 1 aromatic rings. The fourth-order valence-electron chi connectivity index (χ4n) is 1.32. The number of carbonyl (C=O) groups excluding carboxylic acids is 1. The molecule has 0 atom stereocenters. The third-order valence-electron chi connectivity index (χ3n) is 2.42. The van der Waals surface area contributed by atoms with Crippen molar-refractivity contribution in [1.82, 2.24) is 0 Å². The molecule has 13 heavy (non-hydrogen) atoms. The second-order valence-corrected chi connectivity index (χ2v) is 3.10. The molecule has 0 aromatic heterocycles. The fourth-order valence-corrected chi connectivity index (χ4v) is 1.32. The summed E-state index contributed by atoms with van der Waals surface area (Å²) < 4.78 is 0. The molecule has 0 amide bonds. The van der Waals surface area contributed by atoms with E-state index in [0.29, 0.717) is 28.5 Å². The van der Waals surface area contributed by atoms with Crippen LogP contribution in [0.1, 0.15) is 27.0 Å². The zero-order chi connectivity index (χ0) is 10.2. The SMILES string of the molecule is Cc1c(C)c(C=O)c(C)c(O)c1O. The van der Waals surface area contributed by atoms with Crippen LogP contribution in [0.25, 0.3) is 0 Å². The van der Waals surface area contributed by atoms with Gasteiger partial charge in [0.1, 0.15) is 0 Å². The predicted octanol–water partition coefficient (Wildman–Crippen LogP) is 1.84. The van der Waals surface area contributed by atoms with Crippen LogP contribution < -0.4 is 0 Å². The van der Waals surface area contributed by atoms with Crippen molar-refractivity contribution >= 4 is 6.29 Å². The van der Waals surface area contributed by atoms with Crippen LogP contribution in [-0.4, -0.2) is 16.5 Å². The minimum absolute atomic E-state index is 0.138. The van der Waals surface area contributed by atoms with E-state index in [2.05, 4.69) is 0 Å². The number of benzene rings is 1. The summed E-state index contributed by atoms with van der Waals surface area (Å²) in [6, 6.07) is 0. The first-order valence-corrected chi connectivity index (χ1v) is 3.97. The van der Waals surface area contributed by atoms with Gasteiger partial charge in [-0.05, 0) is 31.9 Å². The standard InChI is InChI=1S/C10H12O3/c1-5-6(2)9(12)10(13)7(3)8(5)4-11/h4,12-13H,1-3H3. The van der Waals surface area contributed by atoms with Gasteiger partial charge in [0, 0.05) is 11.1 Å². The summed E-state index contributed by atoms with van der Waals surface area (Å²) in [5.41, 5.74) is 2.14. The summed E-state index contributed by atoms with van der Waals surface area (Å²) in [6.45, 7) is 5.01. The topological polar surface area (TPSA) is 57.5 Å². The molecule has 0 aliphatic heterocycles. The Kier molecular flexibility index (Phi) is 2.28. The largest absolute Gasteiger partial charge is 0.504 e. The number of aromatic hydroxyl groups is 2. The first-order valence-electron chi connectivity index (χ1n) is 3.97. The number of hydrogen-bond acceptors (Lipinski definition) is 3. The maximum absolute atomic E-state index is 10.7. The zero-order valence-electron chi connectivity index (χ0n) is 7.88. The van der Waals surface area contributed by atoms with Crippen LogP contribution in [0.2, 0.25) is 0 Å². The molecule has 70 valence electrons. The van der Waals surface area contributed by atoms with Crippen molar-refractivity contribution in [1.29, 1.82) is 0 Å². The highest BCUT2D eigenvalue weighted by molar-refractivity contribution is 5.83. The molecule has 0 saturated carbocycles. The van der Waals surface area contributed by atoms with E-state index in [1.54, 1.807) is 20.8 Å². The Labute approximate surface area is 76.6 Å². The molecule has 3 nitrogen and oxygen atoms in total. The summed E-state index contributed by atoms with van der Waals surface area (Å²) in [4.78, 5) is 10.7. The number of rotatable bonds is 1. The molecule has 0 unspecified atom stereocenters. The van der Waals surface area contributed by atoms with E-state index in [1.807, 2.05) is 0 Å². The van der Waals surface area contributed by atoms with Crippen LogP contribution >= 0.6 is 0 Å². The van der Waals surface area contributed by atoms with E-state index >= 15 is 0 Å². The minimum atomic E-state index is -0.204. The van der Waals surface area contributed by atoms with Crippen LogP contribution in [-0.2, 0) is 0 Å². The molecular formula is C10H12O3. The van der Waals surface area contributed by atoms with Crippen LogP contribution in [0.4, 0.5) is 0 Å². The Morgan fingerprint density at radius 2 is 1.38 bits per heavy atom. The number of hydrogen-bond donors (Lipinski definition) is 2. The maximum atomic E-state index is 10.7. The summed E-state index contributed by atoms with van der Waals surface area (Å²) in [5, 5.41) is 18.8. The summed E-state index contributed by atoms with van der Waals surface area (Å²) in [6.07, 6.45) is 0.691. The lowest BCUT2D eigenvalue weighted by Crippen LogP contribution is -1.95. The van der Waals surface area contributed by atoms with Gasteiger partial charge in [0.15, 0.2) is 17.8 Å². The molecule has 0 saturated heterocycles. The fraction of sp³-hybridized carbons (Fsp3) is 0.300. The molecule has 0 fully saturated rings. The molecule has 1 aromatic carbocycles. The molecule has 0 bridgehead atoms. The van der Waals surface area contributed by atoms with Crippen molar-refractivity contribution < 1.29 is 15.0 Å². The van der Waals surface area contributed by atoms with Gasteiger partial charge in [-0.25, -0.2) is 0 Å². The van der Waals surface area contributed by atoms with Crippen LogP contribution in [0.5, 0.6) is 11.5 Å². The highest BCUT2D eigenvalue weighted by Crippen LogP contribution is 2.36. The lowest BCUT2D eigenvalue weighted by molar-refractivity contribution is 0.112. The number of phenols is 2. The second-order valence-electron chi connectivity index (χ2n) is 3.10. The molecule has 1 rings (SSSR count). The van der Waals surface area contributed by atoms with Gasteiger partial charge in [-0.3, -0.25) is 4.79 Å². The smallest absolute Gasteiger partial charge is 0.161 e. The Bertz CT molecular complexity index is 338. The van der Waals surface area contributed by atoms with Gasteiger partial charge < -0.3 is 10.2 Å². The van der Waals surface area contributed by atoms with Gasteiger partial charge in [0.2, 0.25) is 0 Å². The van der Waals surface area contributed by atoms with Crippen molar-refractivity contribution in [2.45, 2.75) is 20.8 Å². The lowest BCUT2D eigenvalue weighted by Gasteiger charge is -2.11. The lowest BCUT2D eigenvalue weighted by atomic mass is 9.97. The van der Waals surface area contributed by atoms with Gasteiger partial charge in [-0.15, -0.1) is 0 Å². The minimum Gasteiger partial charge on any atom is -0.504 e. The number of aldehydes is 1. The average molecular weight is 180 g/mol. The van der Waals surface area contributed by atoms with E-state index in [0.717, 1.165) is 0 Å². The highest BCUT2D eigenvalue weighted by Gasteiger charge is 2.14. The van der Waals surface area contributed by atoms with Crippen molar-refractivity contribution in [2.75, 3.05) is 0 Å². The number of carbonyl (C=O) groups is 1. The number of phenolic OH excluding ortho intramolecular Hbond substituents is 2. The molecule has 0 heterocycles. The van der Waals surface area contributed by atoms with Gasteiger partial charge in [-0.1, -0.05) is 0 Å². The summed E-state index contributed by atoms with van der Waals surface area (Å²) in [7, 11) is 0. The second kappa shape index (κ2) is 3.09.